The molecule has 1 atom stereocenters. The summed E-state index contributed by atoms with van der Waals surface area (Å²) in [7, 11) is 1.63. The monoisotopic (exact) mass is 484 g/mol. The molecule has 0 bridgehead atoms. The molecule has 176 valence electrons. The number of morpholine rings is 1. The third-order valence-electron chi connectivity index (χ3n) is 5.91. The fourth-order valence-electron chi connectivity index (χ4n) is 3.97. The Morgan fingerprint density at radius 1 is 1.24 bits per heavy atom. The zero-order chi connectivity index (χ0) is 24.0. The molecule has 4 heterocycles. The fraction of sp³-hybridized carbons (Fsp3) is 0.348. The average molecular weight is 485 g/mol. The largest absolute Gasteiger partial charge is 0.422 e. The molecule has 5 rings (SSSR count). The molecule has 0 radical (unpaired) electrons. The van der Waals surface area contributed by atoms with Crippen LogP contribution in [0.25, 0.3) is 22.2 Å². The highest BCUT2D eigenvalue weighted by atomic mass is 35.5. The van der Waals surface area contributed by atoms with Gasteiger partial charge in [0.2, 0.25) is 11.8 Å². The van der Waals surface area contributed by atoms with Crippen molar-refractivity contribution in [1.82, 2.24) is 24.7 Å². The van der Waals surface area contributed by atoms with E-state index in [1.807, 2.05) is 11.8 Å². The number of benzene rings is 1. The number of halogens is 2. The topological polar surface area (TPSA) is 99.2 Å². The lowest BCUT2D eigenvalue weighted by Crippen LogP contribution is -2.39. The molecule has 1 saturated heterocycles. The number of rotatable bonds is 4. The molecule has 0 amide bonds. The number of ether oxygens (including phenoxy) is 1. The lowest BCUT2D eigenvalue weighted by atomic mass is 10.1. The third-order valence-corrected chi connectivity index (χ3v) is 6.14. The van der Waals surface area contributed by atoms with Gasteiger partial charge in [-0.1, -0.05) is 18.5 Å². The highest BCUT2D eigenvalue weighted by Crippen LogP contribution is 2.32. The minimum Gasteiger partial charge on any atom is -0.422 e. The van der Waals surface area contributed by atoms with Crippen LogP contribution in [0.1, 0.15) is 30.6 Å². The van der Waals surface area contributed by atoms with Gasteiger partial charge >= 0.3 is 0 Å². The van der Waals surface area contributed by atoms with Crippen LogP contribution in [0.15, 0.2) is 33.5 Å². The lowest BCUT2D eigenvalue weighted by molar-refractivity contribution is 0.0213. The van der Waals surface area contributed by atoms with Gasteiger partial charge in [0.25, 0.3) is 5.56 Å². The Morgan fingerprint density at radius 3 is 2.79 bits per heavy atom. The van der Waals surface area contributed by atoms with Crippen LogP contribution in [0.2, 0.25) is 5.02 Å². The van der Waals surface area contributed by atoms with Crippen molar-refractivity contribution in [2.24, 2.45) is 7.05 Å². The first kappa shape index (κ1) is 22.4. The van der Waals surface area contributed by atoms with Crippen LogP contribution in [0.4, 0.5) is 10.2 Å². The van der Waals surface area contributed by atoms with E-state index >= 15 is 0 Å². The summed E-state index contributed by atoms with van der Waals surface area (Å²) in [6.07, 6.45) is 0.194. The van der Waals surface area contributed by atoms with Crippen LogP contribution in [0.3, 0.4) is 0 Å². The minimum atomic E-state index is -0.570. The molecule has 11 heteroatoms. The van der Waals surface area contributed by atoms with Crippen LogP contribution in [0.5, 0.6) is 0 Å². The van der Waals surface area contributed by atoms with E-state index in [1.165, 1.54) is 16.7 Å². The van der Waals surface area contributed by atoms with Gasteiger partial charge in [-0.05, 0) is 25.1 Å². The van der Waals surface area contributed by atoms with Crippen molar-refractivity contribution in [3.05, 3.63) is 63.1 Å². The molecule has 1 aliphatic heterocycles. The second-order valence-corrected chi connectivity index (χ2v) is 8.50. The van der Waals surface area contributed by atoms with Crippen molar-refractivity contribution >= 4 is 28.3 Å². The van der Waals surface area contributed by atoms with E-state index in [0.29, 0.717) is 55.1 Å². The van der Waals surface area contributed by atoms with E-state index in [-0.39, 0.29) is 27.2 Å². The summed E-state index contributed by atoms with van der Waals surface area (Å²) in [5.41, 5.74) is 0.518. The van der Waals surface area contributed by atoms with Gasteiger partial charge in [0.15, 0.2) is 6.10 Å². The summed E-state index contributed by atoms with van der Waals surface area (Å²) in [6.45, 7) is 5.02. The van der Waals surface area contributed by atoms with E-state index in [9.17, 15) is 9.18 Å². The van der Waals surface area contributed by atoms with Gasteiger partial charge in [-0.2, -0.15) is 0 Å². The molecule has 0 saturated carbocycles. The molecule has 4 aromatic rings. The van der Waals surface area contributed by atoms with Gasteiger partial charge in [-0.3, -0.25) is 9.36 Å². The molecular weight excluding hydrogens is 463 g/mol. The summed E-state index contributed by atoms with van der Waals surface area (Å²) in [4.78, 5) is 24.5. The standard InChI is InChI=1S/C23H22ClFN6O3/c1-4-19-28-29-22(34-19)17-11-31(7-8-33-17)18-10-16-20(23(32)30(3)12(2)26-16)21(27-18)14-6-5-13(24)9-15(14)25/h5-6,9-10,17H,4,7-8,11H2,1-3H3/t17-/m0/s1. The van der Waals surface area contributed by atoms with Gasteiger partial charge < -0.3 is 14.1 Å². The summed E-state index contributed by atoms with van der Waals surface area (Å²) >= 11 is 5.96. The first-order valence-corrected chi connectivity index (χ1v) is 11.3. The van der Waals surface area contributed by atoms with Gasteiger partial charge in [0, 0.05) is 36.7 Å². The molecule has 3 aromatic heterocycles. The van der Waals surface area contributed by atoms with Gasteiger partial charge in [-0.25, -0.2) is 14.4 Å². The molecule has 0 N–H and O–H groups in total. The number of hydrogen-bond donors (Lipinski definition) is 0. The Morgan fingerprint density at radius 2 is 2.06 bits per heavy atom. The van der Waals surface area contributed by atoms with Crippen molar-refractivity contribution < 1.29 is 13.5 Å². The first-order chi connectivity index (χ1) is 16.4. The van der Waals surface area contributed by atoms with Gasteiger partial charge in [-0.15, -0.1) is 10.2 Å². The van der Waals surface area contributed by atoms with Crippen molar-refractivity contribution in [1.29, 1.82) is 0 Å². The normalized spacial score (nSPS) is 16.4. The second-order valence-electron chi connectivity index (χ2n) is 8.06. The van der Waals surface area contributed by atoms with Crippen molar-refractivity contribution in [2.45, 2.75) is 26.4 Å². The second kappa shape index (κ2) is 8.77. The third kappa shape index (κ3) is 3.92. The number of pyridine rings is 1. The van der Waals surface area contributed by atoms with Gasteiger partial charge in [0.1, 0.15) is 17.5 Å². The maximum atomic E-state index is 15.0. The van der Waals surface area contributed by atoms with Crippen molar-refractivity contribution in [3.63, 3.8) is 0 Å². The molecule has 1 fully saturated rings. The van der Waals surface area contributed by atoms with Crippen LogP contribution in [0, 0.1) is 12.7 Å². The number of fused-ring (bicyclic) bond motifs is 1. The Bertz CT molecular complexity index is 1450. The molecule has 9 nitrogen and oxygen atoms in total. The Hall–Kier alpha value is -3.37. The van der Waals surface area contributed by atoms with E-state index in [2.05, 4.69) is 15.2 Å². The summed E-state index contributed by atoms with van der Waals surface area (Å²) in [5.74, 6) is 1.44. The highest BCUT2D eigenvalue weighted by molar-refractivity contribution is 6.30. The molecule has 0 aliphatic carbocycles. The zero-order valence-electron chi connectivity index (χ0n) is 18.9. The van der Waals surface area contributed by atoms with Gasteiger partial charge in [0.05, 0.1) is 29.7 Å². The Balaban J connectivity index is 1.64. The number of aromatic nitrogens is 5. The van der Waals surface area contributed by atoms with E-state index in [0.717, 1.165) is 0 Å². The molecular formula is C23H22ClFN6O3. The highest BCUT2D eigenvalue weighted by Gasteiger charge is 2.29. The maximum absolute atomic E-state index is 15.0. The Kier molecular flexibility index (Phi) is 5.78. The first-order valence-electron chi connectivity index (χ1n) is 10.9. The molecule has 34 heavy (non-hydrogen) atoms. The number of hydrogen-bond acceptors (Lipinski definition) is 8. The Labute approximate surface area is 199 Å². The minimum absolute atomic E-state index is 0.174. The average Bonchev–Trinajstić information content (AvgIpc) is 3.31. The zero-order valence-corrected chi connectivity index (χ0v) is 19.6. The number of aryl methyl sites for hydroxylation is 2. The van der Waals surface area contributed by atoms with E-state index in [1.54, 1.807) is 26.1 Å². The number of nitrogens with zero attached hydrogens (tertiary/aromatic N) is 6. The molecule has 0 spiro atoms. The van der Waals surface area contributed by atoms with Crippen LogP contribution in [-0.4, -0.2) is 44.4 Å². The van der Waals surface area contributed by atoms with Crippen LogP contribution < -0.4 is 10.5 Å². The van der Waals surface area contributed by atoms with Crippen LogP contribution in [-0.2, 0) is 18.2 Å². The molecule has 1 aromatic carbocycles. The SMILES string of the molecule is CCc1nnc([C@@H]2CN(c3cc4nc(C)n(C)c(=O)c4c(-c4ccc(Cl)cc4F)n3)CCO2)o1. The molecule has 1 aliphatic rings. The summed E-state index contributed by atoms with van der Waals surface area (Å²) in [5, 5.41) is 8.61. The van der Waals surface area contributed by atoms with E-state index < -0.39 is 11.9 Å². The van der Waals surface area contributed by atoms with Crippen molar-refractivity contribution in [2.75, 3.05) is 24.6 Å². The molecule has 0 unspecified atom stereocenters. The van der Waals surface area contributed by atoms with Crippen molar-refractivity contribution in [3.8, 4) is 11.3 Å². The lowest BCUT2D eigenvalue weighted by Gasteiger charge is -2.32. The fourth-order valence-corrected chi connectivity index (χ4v) is 4.13. The predicted octanol–water partition coefficient (Wildman–Crippen LogP) is 3.62. The number of anilines is 1. The summed E-state index contributed by atoms with van der Waals surface area (Å²) < 4.78 is 27.9. The smallest absolute Gasteiger partial charge is 0.263 e. The quantitative estimate of drug-likeness (QED) is 0.433. The van der Waals surface area contributed by atoms with Crippen LogP contribution >= 0.6 is 11.6 Å². The predicted molar refractivity (Wildman–Crippen MR) is 125 cm³/mol. The maximum Gasteiger partial charge on any atom is 0.263 e. The van der Waals surface area contributed by atoms with E-state index in [4.69, 9.17) is 25.7 Å². The summed E-state index contributed by atoms with van der Waals surface area (Å²) in [6, 6.07) is 6.04.